The fourth-order valence-corrected chi connectivity index (χ4v) is 1.73. The first-order valence-corrected chi connectivity index (χ1v) is 6.54. The number of benzene rings is 1. The summed E-state index contributed by atoms with van der Waals surface area (Å²) in [6.45, 7) is 4.03. The largest absolute Gasteiger partial charge is 0.473 e. The molecule has 7 nitrogen and oxygen atoms in total. The Bertz CT molecular complexity index is 629. The Morgan fingerprint density at radius 2 is 1.81 bits per heavy atom. The first kappa shape index (κ1) is 14.7. The van der Waals surface area contributed by atoms with Gasteiger partial charge < -0.3 is 9.47 Å². The van der Waals surface area contributed by atoms with Crippen LogP contribution >= 0.6 is 0 Å². The van der Waals surface area contributed by atoms with Crippen molar-refractivity contribution in [3.8, 4) is 17.5 Å². The number of nitro groups is 1. The van der Waals surface area contributed by atoms with Gasteiger partial charge in [-0.1, -0.05) is 19.1 Å². The zero-order valence-electron chi connectivity index (χ0n) is 11.8. The normalized spacial score (nSPS) is 10.2. The van der Waals surface area contributed by atoms with Crippen molar-refractivity contribution < 1.29 is 14.4 Å². The van der Waals surface area contributed by atoms with Crippen molar-refractivity contribution in [2.75, 3.05) is 6.61 Å². The molecule has 1 aromatic carbocycles. The molecule has 0 saturated carbocycles. The number of hydrogen-bond donors (Lipinski definition) is 0. The van der Waals surface area contributed by atoms with Crippen LogP contribution in [0.3, 0.4) is 0 Å². The predicted molar refractivity (Wildman–Crippen MR) is 75.7 cm³/mol. The van der Waals surface area contributed by atoms with Gasteiger partial charge in [0.25, 0.3) is 0 Å². The molecule has 110 valence electrons. The van der Waals surface area contributed by atoms with Crippen molar-refractivity contribution >= 4 is 5.69 Å². The number of ether oxygens (including phenoxy) is 2. The molecule has 0 atom stereocenters. The zero-order chi connectivity index (χ0) is 15.2. The van der Waals surface area contributed by atoms with Crippen molar-refractivity contribution in [2.24, 2.45) is 0 Å². The lowest BCUT2D eigenvalue weighted by Crippen LogP contribution is -2.03. The molecule has 0 unspecified atom stereocenters. The van der Waals surface area contributed by atoms with Crippen LogP contribution in [0.15, 0.2) is 30.6 Å². The molecule has 0 saturated heterocycles. The second kappa shape index (κ2) is 6.65. The lowest BCUT2D eigenvalue weighted by molar-refractivity contribution is -0.387. The molecule has 0 aliphatic carbocycles. The maximum Gasteiger partial charge on any atom is 0.392 e. The summed E-state index contributed by atoms with van der Waals surface area (Å²) in [4.78, 5) is 18.2. The van der Waals surface area contributed by atoms with E-state index in [1.165, 1.54) is 6.33 Å². The van der Waals surface area contributed by atoms with Crippen LogP contribution in [0, 0.1) is 10.1 Å². The third kappa shape index (κ3) is 3.44. The molecule has 0 spiro atoms. The minimum absolute atomic E-state index is 0.0994. The summed E-state index contributed by atoms with van der Waals surface area (Å²) in [5.41, 5.74) is 0.772. The van der Waals surface area contributed by atoms with Gasteiger partial charge in [-0.25, -0.2) is 0 Å². The van der Waals surface area contributed by atoms with Gasteiger partial charge in [0.1, 0.15) is 12.1 Å². The predicted octanol–water partition coefficient (Wildman–Crippen LogP) is 3.14. The summed E-state index contributed by atoms with van der Waals surface area (Å²) in [6.07, 6.45) is 2.08. The topological polar surface area (TPSA) is 87.4 Å². The van der Waals surface area contributed by atoms with Crippen LogP contribution in [-0.4, -0.2) is 21.5 Å². The Balaban J connectivity index is 2.33. The average molecular weight is 289 g/mol. The van der Waals surface area contributed by atoms with Gasteiger partial charge >= 0.3 is 17.4 Å². The van der Waals surface area contributed by atoms with Crippen molar-refractivity contribution in [3.63, 3.8) is 0 Å². The SMILES string of the molecule is CCOc1ncnc(Oc2ccc(CC)cc2)c1[N+](=O)[O-]. The van der Waals surface area contributed by atoms with Gasteiger partial charge in [0.2, 0.25) is 0 Å². The summed E-state index contributed by atoms with van der Waals surface area (Å²) < 4.78 is 10.6. The minimum Gasteiger partial charge on any atom is -0.473 e. The van der Waals surface area contributed by atoms with Gasteiger partial charge in [0.05, 0.1) is 11.5 Å². The van der Waals surface area contributed by atoms with Crippen molar-refractivity contribution in [1.29, 1.82) is 0 Å². The monoisotopic (exact) mass is 289 g/mol. The van der Waals surface area contributed by atoms with Crippen LogP contribution < -0.4 is 9.47 Å². The molecule has 0 aliphatic rings. The van der Waals surface area contributed by atoms with Crippen LogP contribution in [0.1, 0.15) is 19.4 Å². The van der Waals surface area contributed by atoms with E-state index in [0.717, 1.165) is 12.0 Å². The van der Waals surface area contributed by atoms with Crippen LogP contribution in [0.2, 0.25) is 0 Å². The molecule has 0 radical (unpaired) electrons. The van der Waals surface area contributed by atoms with E-state index >= 15 is 0 Å². The molecule has 2 aromatic rings. The molecular weight excluding hydrogens is 274 g/mol. The Kier molecular flexibility index (Phi) is 4.65. The molecule has 0 aliphatic heterocycles. The van der Waals surface area contributed by atoms with E-state index in [2.05, 4.69) is 9.97 Å². The summed E-state index contributed by atoms with van der Waals surface area (Å²) in [5, 5.41) is 11.2. The standard InChI is InChI=1S/C14H15N3O4/c1-3-10-5-7-11(8-6-10)21-14-12(17(18)19)13(20-4-2)15-9-16-14/h5-9H,3-4H2,1-2H3. The number of hydrogen-bond acceptors (Lipinski definition) is 6. The van der Waals surface area contributed by atoms with Crippen molar-refractivity contribution in [1.82, 2.24) is 9.97 Å². The highest BCUT2D eigenvalue weighted by molar-refractivity contribution is 5.50. The molecule has 0 fully saturated rings. The van der Waals surface area contributed by atoms with Gasteiger partial charge in [-0.05, 0) is 31.0 Å². The summed E-state index contributed by atoms with van der Waals surface area (Å²) in [5.74, 6) is 0.233. The molecular formula is C14H15N3O4. The Hall–Kier alpha value is -2.70. The van der Waals surface area contributed by atoms with Crippen LogP contribution in [0.4, 0.5) is 5.69 Å². The Morgan fingerprint density at radius 1 is 1.14 bits per heavy atom. The smallest absolute Gasteiger partial charge is 0.392 e. The van der Waals surface area contributed by atoms with E-state index < -0.39 is 4.92 Å². The first-order chi connectivity index (χ1) is 10.2. The van der Waals surface area contributed by atoms with E-state index in [1.54, 1.807) is 19.1 Å². The van der Waals surface area contributed by atoms with E-state index in [-0.39, 0.29) is 24.1 Å². The highest BCUT2D eigenvalue weighted by Gasteiger charge is 2.26. The second-order valence-electron chi connectivity index (χ2n) is 4.12. The zero-order valence-corrected chi connectivity index (χ0v) is 11.8. The molecule has 7 heteroatoms. The quantitative estimate of drug-likeness (QED) is 0.599. The van der Waals surface area contributed by atoms with Crippen molar-refractivity contribution in [3.05, 3.63) is 46.3 Å². The summed E-state index contributed by atoms with van der Waals surface area (Å²) in [6, 6.07) is 7.27. The lowest BCUT2D eigenvalue weighted by Gasteiger charge is -2.08. The van der Waals surface area contributed by atoms with Crippen molar-refractivity contribution in [2.45, 2.75) is 20.3 Å². The summed E-state index contributed by atoms with van der Waals surface area (Å²) in [7, 11) is 0. The fourth-order valence-electron chi connectivity index (χ4n) is 1.73. The molecule has 1 aromatic heterocycles. The van der Waals surface area contributed by atoms with Crippen LogP contribution in [0.25, 0.3) is 0 Å². The number of rotatable bonds is 6. The molecule has 0 N–H and O–H groups in total. The Morgan fingerprint density at radius 3 is 2.38 bits per heavy atom. The second-order valence-corrected chi connectivity index (χ2v) is 4.12. The average Bonchev–Trinajstić information content (AvgIpc) is 2.48. The molecule has 2 rings (SSSR count). The van der Waals surface area contributed by atoms with Gasteiger partial charge in [-0.15, -0.1) is 0 Å². The van der Waals surface area contributed by atoms with Gasteiger partial charge in [0, 0.05) is 0 Å². The maximum absolute atomic E-state index is 11.2. The molecule has 21 heavy (non-hydrogen) atoms. The summed E-state index contributed by atoms with van der Waals surface area (Å²) >= 11 is 0. The van der Waals surface area contributed by atoms with E-state index in [0.29, 0.717) is 5.75 Å². The minimum atomic E-state index is -0.610. The molecule has 1 heterocycles. The highest BCUT2D eigenvalue weighted by atomic mass is 16.6. The van der Waals surface area contributed by atoms with Crippen LogP contribution in [0.5, 0.6) is 17.5 Å². The number of aryl methyl sites for hydroxylation is 1. The van der Waals surface area contributed by atoms with Crippen LogP contribution in [-0.2, 0) is 6.42 Å². The van der Waals surface area contributed by atoms with E-state index in [4.69, 9.17) is 9.47 Å². The highest BCUT2D eigenvalue weighted by Crippen LogP contribution is 2.35. The lowest BCUT2D eigenvalue weighted by atomic mass is 10.2. The maximum atomic E-state index is 11.2. The first-order valence-electron chi connectivity index (χ1n) is 6.54. The number of aromatic nitrogens is 2. The number of nitrogens with zero attached hydrogens (tertiary/aromatic N) is 3. The van der Waals surface area contributed by atoms with Gasteiger partial charge in [-0.2, -0.15) is 9.97 Å². The van der Waals surface area contributed by atoms with Gasteiger partial charge in [-0.3, -0.25) is 10.1 Å². The van der Waals surface area contributed by atoms with E-state index in [1.807, 2.05) is 19.1 Å². The van der Waals surface area contributed by atoms with Gasteiger partial charge in [0.15, 0.2) is 0 Å². The fraction of sp³-hybridized carbons (Fsp3) is 0.286. The third-order valence-corrected chi connectivity index (χ3v) is 2.76. The molecule has 0 amide bonds. The molecule has 0 bridgehead atoms. The third-order valence-electron chi connectivity index (χ3n) is 2.76. The van der Waals surface area contributed by atoms with E-state index in [9.17, 15) is 10.1 Å². The Labute approximate surface area is 121 Å².